The summed E-state index contributed by atoms with van der Waals surface area (Å²) in [4.78, 5) is 40.7. The van der Waals surface area contributed by atoms with Gasteiger partial charge in [0, 0.05) is 17.7 Å². The zero-order chi connectivity index (χ0) is 25.4. The second-order valence-corrected chi connectivity index (χ2v) is 10.2. The Bertz CT molecular complexity index is 1130. The zero-order valence-corrected chi connectivity index (χ0v) is 20.9. The number of ether oxygens (including phenoxy) is 2. The summed E-state index contributed by atoms with van der Waals surface area (Å²) >= 11 is 0. The Kier molecular flexibility index (Phi) is 6.78. The summed E-state index contributed by atoms with van der Waals surface area (Å²) in [6.07, 6.45) is 0.384. The van der Waals surface area contributed by atoms with Crippen LogP contribution in [0.1, 0.15) is 72.9 Å². The third kappa shape index (κ3) is 4.27. The first-order valence-corrected chi connectivity index (χ1v) is 11.3. The molecule has 0 aliphatic carbocycles. The van der Waals surface area contributed by atoms with E-state index >= 15 is 0 Å². The van der Waals surface area contributed by atoms with Gasteiger partial charge in [0.15, 0.2) is 0 Å². The Labute approximate surface area is 200 Å². The minimum Gasteiger partial charge on any atom is -0.496 e. The van der Waals surface area contributed by atoms with Crippen LogP contribution >= 0.6 is 0 Å². The number of benzene rings is 2. The lowest BCUT2D eigenvalue weighted by atomic mass is 9.83. The van der Waals surface area contributed by atoms with Gasteiger partial charge in [0.2, 0.25) is 0 Å². The second-order valence-electron chi connectivity index (χ2n) is 10.2. The van der Waals surface area contributed by atoms with Gasteiger partial charge in [-0.2, -0.15) is 0 Å². The molecule has 3 rings (SSSR count). The molecule has 7 heteroatoms. The van der Waals surface area contributed by atoms with E-state index in [0.29, 0.717) is 29.0 Å². The number of hydrogen-bond donors (Lipinski definition) is 1. The van der Waals surface area contributed by atoms with Gasteiger partial charge >= 0.3 is 11.9 Å². The van der Waals surface area contributed by atoms with Crippen LogP contribution in [0.2, 0.25) is 0 Å². The highest BCUT2D eigenvalue weighted by Gasteiger charge is 2.54. The molecule has 1 amide bonds. The maximum absolute atomic E-state index is 14.1. The Morgan fingerprint density at radius 2 is 1.79 bits per heavy atom. The standard InChI is InChI=1S/C27H33NO6/c1-16(2)14-27(25(32)34-7)15-19-18(24(30)31)9-8-10-21(19)28(27)23(29)17-11-12-20(26(3,4)5)22(13-17)33-6/h8-13,16H,14-15H2,1-7H3,(H,30,31). The first-order chi connectivity index (χ1) is 15.9. The molecule has 0 saturated heterocycles. The minimum absolute atomic E-state index is 0.0368. The van der Waals surface area contributed by atoms with Gasteiger partial charge in [0.05, 0.1) is 19.8 Å². The lowest BCUT2D eigenvalue weighted by Crippen LogP contribution is -2.57. The largest absolute Gasteiger partial charge is 0.496 e. The highest BCUT2D eigenvalue weighted by Crippen LogP contribution is 2.46. The van der Waals surface area contributed by atoms with E-state index in [1.54, 1.807) is 31.4 Å². The Balaban J connectivity index is 2.25. The average molecular weight is 468 g/mol. The van der Waals surface area contributed by atoms with Crippen LogP contribution in [-0.4, -0.2) is 42.7 Å². The molecule has 1 N–H and O–H groups in total. The summed E-state index contributed by atoms with van der Waals surface area (Å²) in [5, 5.41) is 9.78. The van der Waals surface area contributed by atoms with E-state index in [1.165, 1.54) is 18.1 Å². The number of fused-ring (bicyclic) bond motifs is 1. The van der Waals surface area contributed by atoms with Gasteiger partial charge in [-0.3, -0.25) is 9.69 Å². The van der Waals surface area contributed by atoms with E-state index in [-0.39, 0.29) is 23.3 Å². The van der Waals surface area contributed by atoms with Crippen LogP contribution in [0.5, 0.6) is 5.75 Å². The fourth-order valence-electron chi connectivity index (χ4n) is 4.92. The third-order valence-electron chi connectivity index (χ3n) is 6.29. The SMILES string of the molecule is COC(=O)C1(CC(C)C)Cc2c(C(=O)O)cccc2N1C(=O)c1ccc(C(C)(C)C)c(OC)c1. The topological polar surface area (TPSA) is 93.1 Å². The van der Waals surface area contributed by atoms with Crippen LogP contribution in [0.25, 0.3) is 0 Å². The van der Waals surface area contributed by atoms with Gasteiger partial charge in [-0.1, -0.05) is 46.8 Å². The highest BCUT2D eigenvalue weighted by atomic mass is 16.5. The molecule has 1 unspecified atom stereocenters. The third-order valence-corrected chi connectivity index (χ3v) is 6.29. The first-order valence-electron chi connectivity index (χ1n) is 11.3. The van der Waals surface area contributed by atoms with Crippen molar-refractivity contribution in [2.45, 2.75) is 58.4 Å². The molecule has 1 atom stereocenters. The van der Waals surface area contributed by atoms with Crippen molar-refractivity contribution in [3.63, 3.8) is 0 Å². The van der Waals surface area contributed by atoms with Crippen LogP contribution in [0.3, 0.4) is 0 Å². The van der Waals surface area contributed by atoms with Crippen molar-refractivity contribution in [1.82, 2.24) is 0 Å². The van der Waals surface area contributed by atoms with Crippen molar-refractivity contribution in [2.75, 3.05) is 19.1 Å². The number of carbonyl (C=O) groups excluding carboxylic acids is 2. The minimum atomic E-state index is -1.36. The number of hydrogen-bond acceptors (Lipinski definition) is 5. The molecule has 1 aliphatic rings. The van der Waals surface area contributed by atoms with Crippen molar-refractivity contribution in [3.8, 4) is 5.75 Å². The van der Waals surface area contributed by atoms with Gasteiger partial charge < -0.3 is 14.6 Å². The summed E-state index contributed by atoms with van der Waals surface area (Å²) in [5.74, 6) is -1.48. The maximum atomic E-state index is 14.1. The highest BCUT2D eigenvalue weighted by molar-refractivity contribution is 6.14. The summed E-state index contributed by atoms with van der Waals surface area (Å²) < 4.78 is 10.8. The summed E-state index contributed by atoms with van der Waals surface area (Å²) in [7, 11) is 2.84. The fourth-order valence-corrected chi connectivity index (χ4v) is 4.92. The zero-order valence-electron chi connectivity index (χ0n) is 20.9. The maximum Gasteiger partial charge on any atom is 0.336 e. The molecule has 0 saturated carbocycles. The van der Waals surface area contributed by atoms with E-state index in [1.807, 2.05) is 19.9 Å². The molecule has 1 aliphatic heterocycles. The van der Waals surface area contributed by atoms with Crippen molar-refractivity contribution in [1.29, 1.82) is 0 Å². The quantitative estimate of drug-likeness (QED) is 0.611. The van der Waals surface area contributed by atoms with Crippen LogP contribution < -0.4 is 9.64 Å². The number of methoxy groups -OCH3 is 2. The lowest BCUT2D eigenvalue weighted by molar-refractivity contribution is -0.147. The number of anilines is 1. The average Bonchev–Trinajstić information content (AvgIpc) is 3.10. The van der Waals surface area contributed by atoms with E-state index in [2.05, 4.69) is 20.8 Å². The molecule has 2 aromatic rings. The van der Waals surface area contributed by atoms with Gasteiger partial charge in [0.1, 0.15) is 11.3 Å². The van der Waals surface area contributed by atoms with E-state index in [9.17, 15) is 19.5 Å². The predicted molar refractivity (Wildman–Crippen MR) is 130 cm³/mol. The number of amides is 1. The van der Waals surface area contributed by atoms with Gasteiger partial charge in [-0.15, -0.1) is 0 Å². The monoisotopic (exact) mass is 467 g/mol. The molecule has 0 bridgehead atoms. The van der Waals surface area contributed by atoms with Crippen LogP contribution in [0.15, 0.2) is 36.4 Å². The van der Waals surface area contributed by atoms with Gasteiger partial charge in [-0.05, 0) is 53.1 Å². The molecule has 2 aromatic carbocycles. The smallest absolute Gasteiger partial charge is 0.336 e. The number of nitrogens with zero attached hydrogens (tertiary/aromatic N) is 1. The molecular formula is C27H33NO6. The number of aromatic carboxylic acids is 1. The fraction of sp³-hybridized carbons (Fsp3) is 0.444. The van der Waals surface area contributed by atoms with Crippen molar-refractivity contribution in [3.05, 3.63) is 58.7 Å². The van der Waals surface area contributed by atoms with Crippen molar-refractivity contribution < 1.29 is 29.0 Å². The molecule has 182 valence electrons. The lowest BCUT2D eigenvalue weighted by Gasteiger charge is -2.37. The Morgan fingerprint density at radius 1 is 1.12 bits per heavy atom. The molecule has 0 aromatic heterocycles. The molecule has 0 radical (unpaired) electrons. The number of carbonyl (C=O) groups is 3. The molecule has 1 heterocycles. The number of carboxylic acids is 1. The van der Waals surface area contributed by atoms with Gasteiger partial charge in [-0.25, -0.2) is 9.59 Å². The van der Waals surface area contributed by atoms with Crippen molar-refractivity contribution in [2.24, 2.45) is 5.92 Å². The summed E-state index contributed by atoms with van der Waals surface area (Å²) in [6, 6.07) is 10.0. The van der Waals surface area contributed by atoms with Gasteiger partial charge in [0.25, 0.3) is 5.91 Å². The van der Waals surface area contributed by atoms with E-state index < -0.39 is 23.4 Å². The second kappa shape index (κ2) is 9.12. The Morgan fingerprint density at radius 3 is 2.32 bits per heavy atom. The van der Waals surface area contributed by atoms with Crippen LogP contribution in [0, 0.1) is 5.92 Å². The molecule has 0 spiro atoms. The molecule has 34 heavy (non-hydrogen) atoms. The molecule has 0 fully saturated rings. The van der Waals surface area contributed by atoms with E-state index in [0.717, 1.165) is 5.56 Å². The summed E-state index contributed by atoms with van der Waals surface area (Å²) in [5.41, 5.74) is 0.673. The number of rotatable bonds is 6. The number of esters is 1. The normalized spacial score (nSPS) is 17.5. The molecule has 7 nitrogen and oxygen atoms in total. The first kappa shape index (κ1) is 25.3. The van der Waals surface area contributed by atoms with E-state index in [4.69, 9.17) is 9.47 Å². The van der Waals surface area contributed by atoms with Crippen LogP contribution in [-0.2, 0) is 21.4 Å². The molecular weight excluding hydrogens is 434 g/mol. The van der Waals surface area contributed by atoms with Crippen molar-refractivity contribution >= 4 is 23.5 Å². The Hall–Kier alpha value is -3.35. The van der Waals surface area contributed by atoms with Crippen LogP contribution in [0.4, 0.5) is 5.69 Å². The predicted octanol–water partition coefficient (Wildman–Crippen LogP) is 4.85. The summed E-state index contributed by atoms with van der Waals surface area (Å²) in [6.45, 7) is 10.1. The number of carboxylic acid groups (broad SMARTS) is 1.